The summed E-state index contributed by atoms with van der Waals surface area (Å²) in [6, 6.07) is 9.82. The minimum absolute atomic E-state index is 0.302. The predicted octanol–water partition coefficient (Wildman–Crippen LogP) is 2.91. The molecule has 21 heavy (non-hydrogen) atoms. The molecule has 0 aliphatic carbocycles. The Hall–Kier alpha value is -3.00. The summed E-state index contributed by atoms with van der Waals surface area (Å²) in [5, 5.41) is 9.22. The van der Waals surface area contributed by atoms with Gasteiger partial charge in [-0.05, 0) is 23.8 Å². The molecule has 2 aromatic heterocycles. The SMILES string of the molecule is N#Cc1ccnc2c(C=O)cn(Cc3ccc(F)cc3)c12. The number of hydrogen-bond donors (Lipinski definition) is 0. The minimum Gasteiger partial charge on any atom is -0.340 e. The quantitative estimate of drug-likeness (QED) is 0.693. The van der Waals surface area contributed by atoms with E-state index in [9.17, 15) is 14.4 Å². The van der Waals surface area contributed by atoms with Gasteiger partial charge in [-0.1, -0.05) is 12.1 Å². The van der Waals surface area contributed by atoms with Crippen molar-refractivity contribution in [3.8, 4) is 6.07 Å². The van der Waals surface area contributed by atoms with Crippen molar-refractivity contribution in [3.05, 3.63) is 65.2 Å². The number of aromatic nitrogens is 2. The number of carbonyl (C=O) groups excluding carboxylic acids is 1. The van der Waals surface area contributed by atoms with Crippen LogP contribution in [-0.2, 0) is 6.54 Å². The number of hydrogen-bond acceptors (Lipinski definition) is 3. The van der Waals surface area contributed by atoms with Crippen molar-refractivity contribution in [2.24, 2.45) is 0 Å². The zero-order chi connectivity index (χ0) is 14.8. The maximum absolute atomic E-state index is 12.9. The molecule has 0 saturated heterocycles. The number of benzene rings is 1. The van der Waals surface area contributed by atoms with E-state index in [1.807, 2.05) is 0 Å². The van der Waals surface area contributed by atoms with Crippen molar-refractivity contribution < 1.29 is 9.18 Å². The van der Waals surface area contributed by atoms with Crippen LogP contribution in [0.25, 0.3) is 11.0 Å². The van der Waals surface area contributed by atoms with Gasteiger partial charge < -0.3 is 4.57 Å². The van der Waals surface area contributed by atoms with Gasteiger partial charge in [0.05, 0.1) is 22.2 Å². The van der Waals surface area contributed by atoms with Crippen molar-refractivity contribution in [1.29, 1.82) is 5.26 Å². The van der Waals surface area contributed by atoms with Crippen LogP contribution < -0.4 is 0 Å². The van der Waals surface area contributed by atoms with Crippen molar-refractivity contribution in [2.45, 2.75) is 6.54 Å². The van der Waals surface area contributed by atoms with Crippen LogP contribution in [0, 0.1) is 17.1 Å². The predicted molar refractivity (Wildman–Crippen MR) is 75.3 cm³/mol. The Morgan fingerprint density at radius 2 is 2.05 bits per heavy atom. The molecule has 5 heteroatoms. The van der Waals surface area contributed by atoms with E-state index in [0.717, 1.165) is 11.8 Å². The first-order valence-electron chi connectivity index (χ1n) is 6.30. The standard InChI is InChI=1S/C16H10FN3O/c17-14-3-1-11(2-4-14)8-20-9-13(10-21)15-16(20)12(7-18)5-6-19-15/h1-6,9-10H,8H2. The molecule has 0 fully saturated rings. The molecule has 3 rings (SSSR count). The summed E-state index contributed by atoms with van der Waals surface area (Å²) in [7, 11) is 0. The minimum atomic E-state index is -0.302. The van der Waals surface area contributed by atoms with Crippen LogP contribution in [-0.4, -0.2) is 15.8 Å². The monoisotopic (exact) mass is 279 g/mol. The lowest BCUT2D eigenvalue weighted by molar-refractivity contribution is 0.112. The maximum Gasteiger partial charge on any atom is 0.153 e. The number of pyridine rings is 1. The molecule has 0 aliphatic rings. The second-order valence-electron chi connectivity index (χ2n) is 4.62. The molecular weight excluding hydrogens is 269 g/mol. The third-order valence-electron chi connectivity index (χ3n) is 3.29. The lowest BCUT2D eigenvalue weighted by Crippen LogP contribution is -1.99. The Morgan fingerprint density at radius 3 is 2.71 bits per heavy atom. The summed E-state index contributed by atoms with van der Waals surface area (Å²) < 4.78 is 14.7. The molecule has 0 atom stereocenters. The molecule has 0 spiro atoms. The largest absolute Gasteiger partial charge is 0.340 e. The Labute approximate surface area is 120 Å². The van der Waals surface area contributed by atoms with Crippen LogP contribution in [0.2, 0.25) is 0 Å². The summed E-state index contributed by atoms with van der Waals surface area (Å²) in [4.78, 5) is 15.3. The topological polar surface area (TPSA) is 58.7 Å². The fourth-order valence-electron chi connectivity index (χ4n) is 2.34. The average molecular weight is 279 g/mol. The second-order valence-corrected chi connectivity index (χ2v) is 4.62. The van der Waals surface area contributed by atoms with Crippen LogP contribution in [0.15, 0.2) is 42.7 Å². The van der Waals surface area contributed by atoms with Gasteiger partial charge in [-0.25, -0.2) is 4.39 Å². The van der Waals surface area contributed by atoms with E-state index >= 15 is 0 Å². The molecule has 102 valence electrons. The van der Waals surface area contributed by atoms with Crippen molar-refractivity contribution in [2.75, 3.05) is 0 Å². The van der Waals surface area contributed by atoms with Crippen LogP contribution in [0.4, 0.5) is 4.39 Å². The molecule has 0 aliphatic heterocycles. The molecule has 0 N–H and O–H groups in total. The van der Waals surface area contributed by atoms with Gasteiger partial charge in [-0.2, -0.15) is 5.26 Å². The molecule has 0 amide bonds. The zero-order valence-corrected chi connectivity index (χ0v) is 11.0. The average Bonchev–Trinajstić information content (AvgIpc) is 2.87. The van der Waals surface area contributed by atoms with Crippen molar-refractivity contribution in [3.63, 3.8) is 0 Å². The summed E-state index contributed by atoms with van der Waals surface area (Å²) in [6.07, 6.45) is 3.89. The van der Waals surface area contributed by atoms with E-state index in [-0.39, 0.29) is 5.82 Å². The van der Waals surface area contributed by atoms with Gasteiger partial charge in [0.15, 0.2) is 6.29 Å². The van der Waals surface area contributed by atoms with Gasteiger partial charge in [-0.3, -0.25) is 9.78 Å². The highest BCUT2D eigenvalue weighted by atomic mass is 19.1. The van der Waals surface area contributed by atoms with Gasteiger partial charge in [-0.15, -0.1) is 0 Å². The maximum atomic E-state index is 12.9. The molecule has 3 aromatic rings. The van der Waals surface area contributed by atoms with Gasteiger partial charge in [0.2, 0.25) is 0 Å². The van der Waals surface area contributed by atoms with Gasteiger partial charge in [0.1, 0.15) is 11.9 Å². The Bertz CT molecular complexity index is 860. The fraction of sp³-hybridized carbons (Fsp3) is 0.0625. The molecular formula is C16H10FN3O. The number of nitriles is 1. The summed E-state index contributed by atoms with van der Waals surface area (Å²) in [5.41, 5.74) is 2.88. The van der Waals surface area contributed by atoms with E-state index in [0.29, 0.717) is 28.7 Å². The van der Waals surface area contributed by atoms with E-state index in [4.69, 9.17) is 0 Å². The fourth-order valence-corrected chi connectivity index (χ4v) is 2.34. The highest BCUT2D eigenvalue weighted by Crippen LogP contribution is 2.22. The number of rotatable bonds is 3. The molecule has 1 aromatic carbocycles. The Morgan fingerprint density at radius 1 is 1.29 bits per heavy atom. The van der Waals surface area contributed by atoms with Gasteiger partial charge >= 0.3 is 0 Å². The summed E-state index contributed by atoms with van der Waals surface area (Å²) in [6.45, 7) is 0.436. The van der Waals surface area contributed by atoms with E-state index < -0.39 is 0 Å². The molecule has 0 bridgehead atoms. The number of nitrogens with zero attached hydrogens (tertiary/aromatic N) is 3. The molecule has 2 heterocycles. The first-order chi connectivity index (χ1) is 10.2. The normalized spacial score (nSPS) is 10.5. The molecule has 0 radical (unpaired) electrons. The Kier molecular flexibility index (Phi) is 3.20. The zero-order valence-electron chi connectivity index (χ0n) is 11.0. The van der Waals surface area contributed by atoms with Crippen LogP contribution in [0.3, 0.4) is 0 Å². The Balaban J connectivity index is 2.16. The van der Waals surface area contributed by atoms with Crippen LogP contribution in [0.1, 0.15) is 21.5 Å². The smallest absolute Gasteiger partial charge is 0.153 e. The van der Waals surface area contributed by atoms with Gasteiger partial charge in [0.25, 0.3) is 0 Å². The van der Waals surface area contributed by atoms with E-state index in [1.54, 1.807) is 29.0 Å². The highest BCUT2D eigenvalue weighted by Gasteiger charge is 2.13. The first-order valence-corrected chi connectivity index (χ1v) is 6.30. The molecule has 0 saturated carbocycles. The van der Waals surface area contributed by atoms with E-state index in [1.165, 1.54) is 18.3 Å². The van der Waals surface area contributed by atoms with E-state index in [2.05, 4.69) is 11.1 Å². The number of fused-ring (bicyclic) bond motifs is 1. The molecule has 0 unspecified atom stereocenters. The van der Waals surface area contributed by atoms with Crippen LogP contribution >= 0.6 is 0 Å². The van der Waals surface area contributed by atoms with Crippen molar-refractivity contribution in [1.82, 2.24) is 9.55 Å². The second kappa shape index (κ2) is 5.17. The highest BCUT2D eigenvalue weighted by molar-refractivity contribution is 5.97. The van der Waals surface area contributed by atoms with Crippen LogP contribution in [0.5, 0.6) is 0 Å². The molecule has 4 nitrogen and oxygen atoms in total. The lowest BCUT2D eigenvalue weighted by atomic mass is 10.2. The first kappa shape index (κ1) is 13.0. The number of aldehydes is 1. The number of halogens is 1. The van der Waals surface area contributed by atoms with Crippen molar-refractivity contribution >= 4 is 17.3 Å². The summed E-state index contributed by atoms with van der Waals surface area (Å²) >= 11 is 0. The van der Waals surface area contributed by atoms with Gasteiger partial charge in [0, 0.05) is 18.9 Å². The third kappa shape index (κ3) is 2.28. The lowest BCUT2D eigenvalue weighted by Gasteiger charge is -2.06. The summed E-state index contributed by atoms with van der Waals surface area (Å²) in [5.74, 6) is -0.302. The number of carbonyl (C=O) groups is 1. The third-order valence-corrected chi connectivity index (χ3v) is 3.29.